The van der Waals surface area contributed by atoms with Crippen LogP contribution in [0.3, 0.4) is 0 Å². The van der Waals surface area contributed by atoms with Gasteiger partial charge in [-0.25, -0.2) is 0 Å². The van der Waals surface area contributed by atoms with Gasteiger partial charge in [0.25, 0.3) is 0 Å². The number of ether oxygens (including phenoxy) is 2. The van der Waals surface area contributed by atoms with Gasteiger partial charge in [0.05, 0.1) is 25.8 Å². The molecule has 0 aliphatic rings. The Bertz CT molecular complexity index is 400. The maximum atomic E-state index is 12.0. The Morgan fingerprint density at radius 2 is 1.89 bits per heavy atom. The molecule has 1 aromatic rings. The zero-order chi connectivity index (χ0) is 13.5. The zero-order valence-corrected chi connectivity index (χ0v) is 10.2. The van der Waals surface area contributed by atoms with Crippen molar-refractivity contribution in [2.75, 3.05) is 32.8 Å². The van der Waals surface area contributed by atoms with E-state index < -0.39 is 11.6 Å². The van der Waals surface area contributed by atoms with Gasteiger partial charge in [0.1, 0.15) is 0 Å². The number of nitro benzene ring substituents is 1. The van der Waals surface area contributed by atoms with Gasteiger partial charge >= 0.3 is 5.69 Å². The molecule has 0 amide bonds. The van der Waals surface area contributed by atoms with Crippen molar-refractivity contribution in [2.45, 2.75) is 6.42 Å². The first-order chi connectivity index (χ1) is 8.63. The lowest BCUT2D eigenvalue weighted by molar-refractivity contribution is -0.386. The molecule has 0 bridgehead atoms. The van der Waals surface area contributed by atoms with Crippen LogP contribution in [0.1, 0.15) is 6.42 Å². The first-order valence-corrected chi connectivity index (χ1v) is 5.34. The Morgan fingerprint density at radius 1 is 1.33 bits per heavy atom. The van der Waals surface area contributed by atoms with Crippen LogP contribution in [0.15, 0.2) is 12.1 Å². The molecule has 18 heavy (non-hydrogen) atoms. The summed E-state index contributed by atoms with van der Waals surface area (Å²) in [5.74, 6) is 0.198. The highest BCUT2D eigenvalue weighted by molar-refractivity contribution is 5.66. The topological polar surface area (TPSA) is 73.6 Å². The fourth-order valence-electron chi connectivity index (χ4n) is 1.48. The number of rotatable bonds is 7. The van der Waals surface area contributed by atoms with Crippen molar-refractivity contribution >= 4 is 11.4 Å². The maximum Gasteiger partial charge on any atom is 0.352 e. The van der Waals surface area contributed by atoms with Crippen molar-refractivity contribution in [3.05, 3.63) is 22.2 Å². The molecule has 0 saturated carbocycles. The first kappa shape index (κ1) is 14.0. The number of nitro groups is 1. The second-order valence-electron chi connectivity index (χ2n) is 3.46. The third-order valence-electron chi connectivity index (χ3n) is 2.30. The van der Waals surface area contributed by atoms with Crippen molar-refractivity contribution in [3.63, 3.8) is 0 Å². The molecule has 0 fully saturated rings. The number of hydrogen-bond donors (Lipinski definition) is 1. The Morgan fingerprint density at radius 3 is 2.28 bits per heavy atom. The Hall–Kier alpha value is -2.05. The van der Waals surface area contributed by atoms with Gasteiger partial charge in [-0.3, -0.25) is 14.5 Å². The van der Waals surface area contributed by atoms with E-state index in [0.717, 1.165) is 0 Å². The Labute approximate surface area is 104 Å². The fraction of sp³-hybridized carbons (Fsp3) is 0.455. The molecule has 0 spiro atoms. The lowest BCUT2D eigenvalue weighted by atomic mass is 10.2. The van der Waals surface area contributed by atoms with Crippen molar-refractivity contribution in [2.24, 2.45) is 0 Å². The number of benzene rings is 1. The number of nitrogens with one attached hydrogen (secondary N) is 1. The summed E-state index contributed by atoms with van der Waals surface area (Å²) < 4.78 is 21.9. The van der Waals surface area contributed by atoms with Crippen molar-refractivity contribution in [3.8, 4) is 11.5 Å². The van der Waals surface area contributed by atoms with E-state index in [9.17, 15) is 14.5 Å². The van der Waals surface area contributed by atoms with Gasteiger partial charge in [-0.15, -0.1) is 0 Å². The predicted molar refractivity (Wildman–Crippen MR) is 65.3 cm³/mol. The van der Waals surface area contributed by atoms with Gasteiger partial charge in [-0.1, -0.05) is 0 Å². The quantitative estimate of drug-likeness (QED) is 0.461. The van der Waals surface area contributed by atoms with E-state index in [1.54, 1.807) is 0 Å². The van der Waals surface area contributed by atoms with Crippen molar-refractivity contribution in [1.29, 1.82) is 0 Å². The summed E-state index contributed by atoms with van der Waals surface area (Å²) in [6.07, 6.45) is 0.363. The molecule has 0 atom stereocenters. The molecule has 1 N–H and O–H groups in total. The molecule has 7 heteroatoms. The van der Waals surface area contributed by atoms with Crippen LogP contribution in [-0.2, 0) is 0 Å². The second kappa shape index (κ2) is 6.63. The Balaban J connectivity index is 3.06. The normalized spacial score (nSPS) is 9.94. The minimum atomic E-state index is -0.566. The summed E-state index contributed by atoms with van der Waals surface area (Å²) in [5, 5.41) is 13.8. The van der Waals surface area contributed by atoms with E-state index in [1.807, 2.05) is 0 Å². The standard InChI is InChI=1S/C11H15FN2O4/c1-17-9-6-8(13-5-3-4-12)7-10(18-2)11(9)14(15)16/h6-7,13H,3-5H2,1-2H3. The monoisotopic (exact) mass is 258 g/mol. The molecule has 0 radical (unpaired) electrons. The van der Waals surface area contributed by atoms with Gasteiger partial charge in [0.2, 0.25) is 11.5 Å². The lowest BCUT2D eigenvalue weighted by Crippen LogP contribution is -2.04. The average Bonchev–Trinajstić information content (AvgIpc) is 2.37. The van der Waals surface area contributed by atoms with Gasteiger partial charge in [-0.05, 0) is 6.42 Å². The van der Waals surface area contributed by atoms with Crippen LogP contribution in [0.4, 0.5) is 15.8 Å². The van der Waals surface area contributed by atoms with Gasteiger partial charge in [0, 0.05) is 24.4 Å². The van der Waals surface area contributed by atoms with E-state index in [4.69, 9.17) is 9.47 Å². The third-order valence-corrected chi connectivity index (χ3v) is 2.30. The smallest absolute Gasteiger partial charge is 0.352 e. The van der Waals surface area contributed by atoms with Crippen molar-refractivity contribution in [1.82, 2.24) is 0 Å². The van der Waals surface area contributed by atoms with Crippen LogP contribution < -0.4 is 14.8 Å². The molecule has 6 nitrogen and oxygen atoms in total. The van der Waals surface area contributed by atoms with E-state index in [2.05, 4.69) is 5.32 Å². The third kappa shape index (κ3) is 3.22. The summed E-state index contributed by atoms with van der Waals surface area (Å²) >= 11 is 0. The SMILES string of the molecule is COc1cc(NCCCF)cc(OC)c1[N+](=O)[O-]. The first-order valence-electron chi connectivity index (χ1n) is 5.34. The Kier molecular flexibility index (Phi) is 5.16. The summed E-state index contributed by atoms with van der Waals surface area (Å²) in [5.41, 5.74) is 0.360. The number of alkyl halides is 1. The average molecular weight is 258 g/mol. The molecular weight excluding hydrogens is 243 g/mol. The van der Waals surface area contributed by atoms with Gasteiger partial charge < -0.3 is 14.8 Å². The molecule has 1 aromatic carbocycles. The largest absolute Gasteiger partial charge is 0.490 e. The molecule has 0 saturated heterocycles. The molecule has 0 aliphatic carbocycles. The minimum absolute atomic E-state index is 0.0992. The molecular formula is C11H15FN2O4. The summed E-state index contributed by atoms with van der Waals surface area (Å²) in [4.78, 5) is 10.3. The summed E-state index contributed by atoms with van der Waals surface area (Å²) in [6, 6.07) is 2.97. The van der Waals surface area contributed by atoms with Crippen LogP contribution in [-0.4, -0.2) is 32.4 Å². The number of methoxy groups -OCH3 is 2. The highest BCUT2D eigenvalue weighted by Crippen LogP contribution is 2.39. The summed E-state index contributed by atoms with van der Waals surface area (Å²) in [7, 11) is 2.68. The van der Waals surface area contributed by atoms with E-state index in [-0.39, 0.29) is 17.2 Å². The van der Waals surface area contributed by atoms with E-state index in [0.29, 0.717) is 18.7 Å². The molecule has 0 aliphatic heterocycles. The van der Waals surface area contributed by atoms with E-state index >= 15 is 0 Å². The van der Waals surface area contributed by atoms with Crippen LogP contribution in [0.5, 0.6) is 11.5 Å². The number of halogens is 1. The summed E-state index contributed by atoms with van der Waals surface area (Å²) in [6.45, 7) is 0.00880. The van der Waals surface area contributed by atoms with Gasteiger partial charge in [0.15, 0.2) is 0 Å². The fourth-order valence-corrected chi connectivity index (χ4v) is 1.48. The van der Waals surface area contributed by atoms with E-state index in [1.165, 1.54) is 26.4 Å². The lowest BCUT2D eigenvalue weighted by Gasteiger charge is -2.11. The van der Waals surface area contributed by atoms with Gasteiger partial charge in [-0.2, -0.15) is 0 Å². The molecule has 0 aromatic heterocycles. The second-order valence-corrected chi connectivity index (χ2v) is 3.46. The zero-order valence-electron chi connectivity index (χ0n) is 10.2. The number of nitrogens with zero attached hydrogens (tertiary/aromatic N) is 1. The van der Waals surface area contributed by atoms with Crippen LogP contribution >= 0.6 is 0 Å². The van der Waals surface area contributed by atoms with Crippen LogP contribution in [0.25, 0.3) is 0 Å². The highest BCUT2D eigenvalue weighted by Gasteiger charge is 2.23. The number of hydrogen-bond acceptors (Lipinski definition) is 5. The molecule has 100 valence electrons. The van der Waals surface area contributed by atoms with Crippen LogP contribution in [0.2, 0.25) is 0 Å². The number of anilines is 1. The highest BCUT2D eigenvalue weighted by atomic mass is 19.1. The molecule has 0 unspecified atom stereocenters. The van der Waals surface area contributed by atoms with Crippen molar-refractivity contribution < 1.29 is 18.8 Å². The molecule has 0 heterocycles. The van der Waals surface area contributed by atoms with Crippen LogP contribution in [0, 0.1) is 10.1 Å². The minimum Gasteiger partial charge on any atom is -0.490 e. The maximum absolute atomic E-state index is 12.0. The predicted octanol–water partition coefficient (Wildman–Crippen LogP) is 2.38. The molecule has 1 rings (SSSR count).